The van der Waals surface area contributed by atoms with Crippen LogP contribution in [0.5, 0.6) is 0 Å². The molecule has 2 aromatic rings. The van der Waals surface area contributed by atoms with E-state index in [4.69, 9.17) is 0 Å². The molecule has 1 aromatic carbocycles. The fourth-order valence-corrected chi connectivity index (χ4v) is 4.74. The molecule has 0 radical (unpaired) electrons. The van der Waals surface area contributed by atoms with Crippen LogP contribution >= 0.6 is 35.7 Å². The van der Waals surface area contributed by atoms with Gasteiger partial charge in [-0.3, -0.25) is 4.99 Å². The summed E-state index contributed by atoms with van der Waals surface area (Å²) in [6.45, 7) is 2.61. The minimum atomic E-state index is 0. The van der Waals surface area contributed by atoms with Gasteiger partial charge in [0, 0.05) is 36.2 Å². The Hall–Kier alpha value is -1.29. The van der Waals surface area contributed by atoms with Gasteiger partial charge in [-0.25, -0.2) is 0 Å². The lowest BCUT2D eigenvalue weighted by Crippen LogP contribution is -2.41. The van der Waals surface area contributed by atoms with E-state index in [9.17, 15) is 0 Å². The van der Waals surface area contributed by atoms with Crippen LogP contribution in [-0.2, 0) is 19.5 Å². The van der Waals surface area contributed by atoms with Gasteiger partial charge in [-0.15, -0.1) is 45.9 Å². The Kier molecular flexibility index (Phi) is 7.62. The lowest BCUT2D eigenvalue weighted by Gasteiger charge is -2.18. The number of nitrogens with zero attached hydrogens (tertiary/aromatic N) is 4. The van der Waals surface area contributed by atoms with E-state index < -0.39 is 0 Å². The summed E-state index contributed by atoms with van der Waals surface area (Å²) in [6.07, 6.45) is 7.24. The second-order valence-corrected chi connectivity index (χ2v) is 8.91. The van der Waals surface area contributed by atoms with Gasteiger partial charge in [-0.1, -0.05) is 24.6 Å². The van der Waals surface area contributed by atoms with E-state index in [0.717, 1.165) is 37.1 Å². The van der Waals surface area contributed by atoms with E-state index in [0.29, 0.717) is 11.3 Å². The summed E-state index contributed by atoms with van der Waals surface area (Å²) in [7, 11) is 1.82. The third kappa shape index (κ3) is 5.40. The van der Waals surface area contributed by atoms with Crippen LogP contribution in [0, 0.1) is 0 Å². The molecule has 2 heterocycles. The molecule has 2 aliphatic rings. The number of aryl methyl sites for hydroxylation is 1. The lowest BCUT2D eigenvalue weighted by atomic mass is 10.2. The molecule has 0 spiro atoms. The highest BCUT2D eigenvalue weighted by Crippen LogP contribution is 2.51. The van der Waals surface area contributed by atoms with Crippen LogP contribution in [0.2, 0.25) is 0 Å². The number of aliphatic imine (C=N–C) groups is 1. The van der Waals surface area contributed by atoms with Gasteiger partial charge in [-0.05, 0) is 37.8 Å². The first kappa shape index (κ1) is 21.4. The Bertz CT molecular complexity index is 787. The Balaban J connectivity index is 0.00000225. The number of thioether (sulfide) groups is 1. The van der Waals surface area contributed by atoms with E-state index in [-0.39, 0.29) is 24.0 Å². The lowest BCUT2D eigenvalue weighted by molar-refractivity contribution is 0.596. The molecule has 0 atom stereocenters. The van der Waals surface area contributed by atoms with Gasteiger partial charge in [0.15, 0.2) is 11.8 Å². The van der Waals surface area contributed by atoms with E-state index in [1.165, 1.54) is 37.0 Å². The van der Waals surface area contributed by atoms with Gasteiger partial charge in [0.25, 0.3) is 0 Å². The number of nitrogens with one attached hydrogen (secondary N) is 2. The topological polar surface area (TPSA) is 67.1 Å². The van der Waals surface area contributed by atoms with Crippen molar-refractivity contribution in [1.29, 1.82) is 0 Å². The van der Waals surface area contributed by atoms with Crippen molar-refractivity contribution in [3.63, 3.8) is 0 Å². The van der Waals surface area contributed by atoms with Gasteiger partial charge >= 0.3 is 0 Å². The Morgan fingerprint density at radius 2 is 1.96 bits per heavy atom. The van der Waals surface area contributed by atoms with E-state index >= 15 is 0 Å². The highest BCUT2D eigenvalue weighted by Gasteiger charge is 2.43. The van der Waals surface area contributed by atoms with Crippen LogP contribution in [0.3, 0.4) is 0 Å². The highest BCUT2D eigenvalue weighted by atomic mass is 127. The molecule has 1 fully saturated rings. The number of halogens is 1. The standard InChI is InChI=1S/C20H28N6S.HI/c1-21-19(22-14-18-25-24-17-10-6-3-7-13-26(17)18)23-15-20(11-12-20)27-16-8-4-2-5-9-16;/h2,4-5,8-9H,3,6-7,10-15H2,1H3,(H2,21,22,23);1H. The van der Waals surface area contributed by atoms with Gasteiger partial charge in [0.2, 0.25) is 0 Å². The molecular formula is C20H29IN6S. The summed E-state index contributed by atoms with van der Waals surface area (Å²) < 4.78 is 2.58. The maximum Gasteiger partial charge on any atom is 0.191 e. The van der Waals surface area contributed by atoms with Crippen molar-refractivity contribution in [2.75, 3.05) is 13.6 Å². The van der Waals surface area contributed by atoms with E-state index in [1.807, 2.05) is 18.8 Å². The van der Waals surface area contributed by atoms with Gasteiger partial charge < -0.3 is 15.2 Å². The maximum absolute atomic E-state index is 4.39. The fourth-order valence-electron chi connectivity index (χ4n) is 3.50. The molecule has 1 aliphatic heterocycles. The fraction of sp³-hybridized carbons (Fsp3) is 0.550. The molecular weight excluding hydrogens is 483 g/mol. The molecule has 28 heavy (non-hydrogen) atoms. The SMILES string of the molecule is CN=C(NCc1nnc2n1CCCCC2)NCC1(Sc2ccccc2)CC1.I. The molecule has 4 rings (SSSR count). The van der Waals surface area contributed by atoms with Crippen LogP contribution in [-0.4, -0.2) is 39.1 Å². The zero-order chi connectivity index (χ0) is 18.5. The predicted octanol–water partition coefficient (Wildman–Crippen LogP) is 3.61. The predicted molar refractivity (Wildman–Crippen MR) is 125 cm³/mol. The van der Waals surface area contributed by atoms with Crippen molar-refractivity contribution >= 4 is 41.7 Å². The zero-order valence-corrected chi connectivity index (χ0v) is 19.5. The Morgan fingerprint density at radius 1 is 1.14 bits per heavy atom. The number of fused-ring (bicyclic) bond motifs is 1. The molecule has 0 unspecified atom stereocenters. The highest BCUT2D eigenvalue weighted by molar-refractivity contribution is 14.0. The minimum absolute atomic E-state index is 0. The van der Waals surface area contributed by atoms with Crippen LogP contribution in [0.25, 0.3) is 0 Å². The summed E-state index contributed by atoms with van der Waals surface area (Å²) >= 11 is 1.97. The van der Waals surface area contributed by atoms with Crippen molar-refractivity contribution in [3.05, 3.63) is 42.0 Å². The van der Waals surface area contributed by atoms with Crippen LogP contribution in [0.1, 0.15) is 43.8 Å². The molecule has 0 bridgehead atoms. The average molecular weight is 512 g/mol. The summed E-state index contributed by atoms with van der Waals surface area (Å²) in [6, 6.07) is 10.7. The quantitative estimate of drug-likeness (QED) is 0.352. The van der Waals surface area contributed by atoms with Gasteiger partial charge in [-0.2, -0.15) is 0 Å². The van der Waals surface area contributed by atoms with Gasteiger partial charge in [0.05, 0.1) is 6.54 Å². The summed E-state index contributed by atoms with van der Waals surface area (Å²) in [5.74, 6) is 2.97. The molecule has 0 saturated heterocycles. The summed E-state index contributed by atoms with van der Waals surface area (Å²) in [5, 5.41) is 15.7. The van der Waals surface area contributed by atoms with Crippen molar-refractivity contribution in [3.8, 4) is 0 Å². The Morgan fingerprint density at radius 3 is 2.71 bits per heavy atom. The zero-order valence-electron chi connectivity index (χ0n) is 16.4. The van der Waals surface area contributed by atoms with Crippen molar-refractivity contribution in [2.45, 2.75) is 61.3 Å². The van der Waals surface area contributed by atoms with Crippen LogP contribution < -0.4 is 10.6 Å². The van der Waals surface area contributed by atoms with Crippen molar-refractivity contribution in [2.24, 2.45) is 4.99 Å². The normalized spacial score (nSPS) is 17.8. The van der Waals surface area contributed by atoms with Crippen LogP contribution in [0.4, 0.5) is 0 Å². The largest absolute Gasteiger partial charge is 0.355 e. The molecule has 1 aliphatic carbocycles. The molecule has 2 N–H and O–H groups in total. The molecule has 1 saturated carbocycles. The van der Waals surface area contributed by atoms with E-state index in [1.54, 1.807) is 0 Å². The number of rotatable bonds is 6. The second-order valence-electron chi connectivity index (χ2n) is 7.37. The van der Waals surface area contributed by atoms with Gasteiger partial charge in [0.1, 0.15) is 5.82 Å². The molecule has 6 nitrogen and oxygen atoms in total. The Labute approximate surface area is 188 Å². The maximum atomic E-state index is 4.39. The van der Waals surface area contributed by atoms with Crippen molar-refractivity contribution in [1.82, 2.24) is 25.4 Å². The third-order valence-electron chi connectivity index (χ3n) is 5.29. The summed E-state index contributed by atoms with van der Waals surface area (Å²) in [5.41, 5.74) is 0. The first-order chi connectivity index (χ1) is 13.3. The molecule has 152 valence electrons. The summed E-state index contributed by atoms with van der Waals surface area (Å²) in [4.78, 5) is 5.72. The molecule has 1 aromatic heterocycles. The third-order valence-corrected chi connectivity index (χ3v) is 6.78. The number of aromatic nitrogens is 3. The number of guanidine groups is 1. The number of benzene rings is 1. The minimum Gasteiger partial charge on any atom is -0.355 e. The smallest absolute Gasteiger partial charge is 0.191 e. The van der Waals surface area contributed by atoms with E-state index in [2.05, 4.69) is 60.7 Å². The second kappa shape index (κ2) is 9.96. The first-order valence-electron chi connectivity index (χ1n) is 9.88. The monoisotopic (exact) mass is 512 g/mol. The first-order valence-corrected chi connectivity index (χ1v) is 10.7. The van der Waals surface area contributed by atoms with Crippen molar-refractivity contribution < 1.29 is 0 Å². The van der Waals surface area contributed by atoms with Crippen LogP contribution in [0.15, 0.2) is 40.2 Å². The number of hydrogen-bond donors (Lipinski definition) is 2. The molecule has 0 amide bonds. The average Bonchev–Trinajstić information content (AvgIpc) is 3.42. The number of hydrogen-bond acceptors (Lipinski definition) is 4. The molecule has 8 heteroatoms.